The predicted octanol–water partition coefficient (Wildman–Crippen LogP) is 4.47. The fraction of sp³-hybridized carbons (Fsp3) is 0. The molecule has 0 bridgehead atoms. The molecular formula is C14H11F2NO2S. The van der Waals surface area contributed by atoms with Crippen molar-refractivity contribution < 1.29 is 18.3 Å². The van der Waals surface area contributed by atoms with Crippen LogP contribution in [0.15, 0.2) is 72.6 Å². The van der Waals surface area contributed by atoms with E-state index in [0.717, 1.165) is 12.2 Å². The summed E-state index contributed by atoms with van der Waals surface area (Å²) in [6.45, 7) is 13.2. The summed E-state index contributed by atoms with van der Waals surface area (Å²) in [7, 11) is 0. The van der Waals surface area contributed by atoms with Gasteiger partial charge in [-0.3, -0.25) is 0 Å². The number of allylic oxidation sites excluding steroid dienone is 7. The van der Waals surface area contributed by atoms with Crippen LogP contribution in [0.5, 0.6) is 0 Å². The number of halogens is 2. The number of thiol groups is 1. The zero-order valence-electron chi connectivity index (χ0n) is 10.4. The number of carbonyl (C=O) groups is 1. The highest BCUT2D eigenvalue weighted by molar-refractivity contribution is 7.96. The maximum Gasteiger partial charge on any atom is 0.369 e. The minimum Gasteiger partial charge on any atom is -0.419 e. The Morgan fingerprint density at radius 1 is 1.15 bits per heavy atom. The second-order valence-electron chi connectivity index (χ2n) is 3.41. The molecule has 0 amide bonds. The first kappa shape index (κ1) is 17.6. The van der Waals surface area contributed by atoms with Crippen molar-refractivity contribution in [2.45, 2.75) is 0 Å². The molecule has 0 saturated heterocycles. The van der Waals surface area contributed by atoms with Crippen molar-refractivity contribution in [3.8, 4) is 6.07 Å². The monoisotopic (exact) mass is 295 g/mol. The van der Waals surface area contributed by atoms with Crippen LogP contribution in [-0.4, -0.2) is 5.30 Å². The Hall–Kier alpha value is -2.39. The number of hydrogen-bond donors (Lipinski definition) is 1. The molecule has 6 heteroatoms. The van der Waals surface area contributed by atoms with Gasteiger partial charge in [0.2, 0.25) is 0 Å². The summed E-state index contributed by atoms with van der Waals surface area (Å²) in [6, 6.07) is 1.50. The van der Waals surface area contributed by atoms with Crippen LogP contribution in [0.4, 0.5) is 13.6 Å². The van der Waals surface area contributed by atoms with Gasteiger partial charge >= 0.3 is 5.30 Å². The zero-order valence-corrected chi connectivity index (χ0v) is 11.3. The SMILES string of the molecule is C=C(/C=C(/F)C(=C)C(=C)/C=C(/F)C(=C)C#N)OC(=O)S. The van der Waals surface area contributed by atoms with E-state index in [1.54, 1.807) is 0 Å². The van der Waals surface area contributed by atoms with Crippen LogP contribution >= 0.6 is 12.6 Å². The summed E-state index contributed by atoms with van der Waals surface area (Å²) < 4.78 is 31.4. The summed E-state index contributed by atoms with van der Waals surface area (Å²) in [5, 5.41) is 7.47. The van der Waals surface area contributed by atoms with Gasteiger partial charge in [0.1, 0.15) is 23.5 Å². The van der Waals surface area contributed by atoms with Gasteiger partial charge in [-0.1, -0.05) is 38.9 Å². The smallest absolute Gasteiger partial charge is 0.369 e. The van der Waals surface area contributed by atoms with Gasteiger partial charge in [0, 0.05) is 11.6 Å². The number of ether oxygens (including phenoxy) is 1. The standard InChI is InChI=1S/C14H11F2NO2S/c1-8(5-12(15)9(2)7-17)11(4)13(16)6-10(3)19-14(18)20/h5-6H,1-4H2,(H,18,20)/b12-5+,13-6+. The number of carbonyl (C=O) groups excluding carboxylic acids is 1. The fourth-order valence-corrected chi connectivity index (χ4v) is 1.02. The van der Waals surface area contributed by atoms with Gasteiger partial charge in [-0.05, 0) is 11.6 Å². The molecule has 104 valence electrons. The third-order valence-corrected chi connectivity index (χ3v) is 2.00. The van der Waals surface area contributed by atoms with E-state index in [-0.39, 0.29) is 16.9 Å². The molecule has 0 spiro atoms. The third kappa shape index (κ3) is 5.98. The lowest BCUT2D eigenvalue weighted by molar-refractivity contribution is 0.208. The van der Waals surface area contributed by atoms with Gasteiger partial charge in [0.05, 0.1) is 5.57 Å². The molecule has 0 fully saturated rings. The Labute approximate surface area is 120 Å². The summed E-state index contributed by atoms with van der Waals surface area (Å²) >= 11 is 3.32. The molecule has 3 nitrogen and oxygen atoms in total. The maximum absolute atomic E-state index is 13.7. The lowest BCUT2D eigenvalue weighted by Gasteiger charge is -2.04. The normalized spacial score (nSPS) is 11.3. The zero-order chi connectivity index (χ0) is 15.9. The molecule has 0 rings (SSSR count). The highest BCUT2D eigenvalue weighted by Gasteiger charge is 2.09. The van der Waals surface area contributed by atoms with Gasteiger partial charge in [-0.15, -0.1) is 0 Å². The number of hydrogen-bond acceptors (Lipinski definition) is 3. The van der Waals surface area contributed by atoms with Crippen LogP contribution in [-0.2, 0) is 4.74 Å². The molecule has 0 heterocycles. The number of nitriles is 1. The number of rotatable bonds is 6. The highest BCUT2D eigenvalue weighted by Crippen LogP contribution is 2.23. The fourth-order valence-electron chi connectivity index (χ4n) is 0.904. The second-order valence-corrected chi connectivity index (χ2v) is 3.78. The Bertz CT molecular complexity index is 595. The minimum absolute atomic E-state index is 0.113. The predicted molar refractivity (Wildman–Crippen MR) is 76.0 cm³/mol. The van der Waals surface area contributed by atoms with Crippen LogP contribution in [0, 0.1) is 11.3 Å². The molecule has 0 aliphatic heterocycles. The lowest BCUT2D eigenvalue weighted by Crippen LogP contribution is -1.93. The van der Waals surface area contributed by atoms with Crippen LogP contribution in [0.3, 0.4) is 0 Å². The molecule has 0 aromatic carbocycles. The molecular weight excluding hydrogens is 284 g/mol. The summed E-state index contributed by atoms with van der Waals surface area (Å²) in [5.74, 6) is -2.18. The topological polar surface area (TPSA) is 50.1 Å². The van der Waals surface area contributed by atoms with E-state index < -0.39 is 22.5 Å². The van der Waals surface area contributed by atoms with E-state index >= 15 is 0 Å². The molecule has 0 aromatic heterocycles. The Kier molecular flexibility index (Phi) is 6.97. The van der Waals surface area contributed by atoms with Crippen LogP contribution < -0.4 is 0 Å². The van der Waals surface area contributed by atoms with E-state index in [9.17, 15) is 13.6 Å². The minimum atomic E-state index is -0.959. The van der Waals surface area contributed by atoms with E-state index in [2.05, 4.69) is 43.7 Å². The average Bonchev–Trinajstić information content (AvgIpc) is 2.35. The summed E-state index contributed by atoms with van der Waals surface area (Å²) in [5.41, 5.74) is -0.795. The van der Waals surface area contributed by atoms with Crippen LogP contribution in [0.2, 0.25) is 0 Å². The van der Waals surface area contributed by atoms with Gasteiger partial charge in [-0.25, -0.2) is 13.6 Å². The van der Waals surface area contributed by atoms with Gasteiger partial charge in [0.15, 0.2) is 0 Å². The van der Waals surface area contributed by atoms with Crippen LogP contribution in [0.1, 0.15) is 0 Å². The molecule has 0 saturated carbocycles. The first-order valence-corrected chi connectivity index (χ1v) is 5.45. The molecule has 0 unspecified atom stereocenters. The average molecular weight is 295 g/mol. The molecule has 20 heavy (non-hydrogen) atoms. The molecule has 0 N–H and O–H groups in total. The Morgan fingerprint density at radius 2 is 1.70 bits per heavy atom. The summed E-state index contributed by atoms with van der Waals surface area (Å²) in [6.07, 6.45) is 1.58. The molecule has 0 aromatic rings. The first-order chi connectivity index (χ1) is 9.18. The van der Waals surface area contributed by atoms with Crippen molar-refractivity contribution in [2.24, 2.45) is 0 Å². The van der Waals surface area contributed by atoms with Gasteiger partial charge in [-0.2, -0.15) is 5.26 Å². The van der Waals surface area contributed by atoms with E-state index in [0.29, 0.717) is 0 Å². The van der Waals surface area contributed by atoms with Gasteiger partial charge < -0.3 is 4.74 Å². The summed E-state index contributed by atoms with van der Waals surface area (Å²) in [4.78, 5) is 10.5. The molecule has 0 aliphatic rings. The van der Waals surface area contributed by atoms with E-state index in [1.165, 1.54) is 6.07 Å². The molecule has 0 atom stereocenters. The quantitative estimate of drug-likeness (QED) is 0.259. The highest BCUT2D eigenvalue weighted by atomic mass is 32.1. The van der Waals surface area contributed by atoms with Crippen molar-refractivity contribution in [2.75, 3.05) is 0 Å². The Balaban J connectivity index is 5.01. The second kappa shape index (κ2) is 7.92. The van der Waals surface area contributed by atoms with E-state index in [1.807, 2.05) is 0 Å². The third-order valence-electron chi connectivity index (χ3n) is 1.91. The first-order valence-electron chi connectivity index (χ1n) is 5.01. The van der Waals surface area contributed by atoms with Crippen molar-refractivity contribution in [3.05, 3.63) is 72.6 Å². The Morgan fingerprint density at radius 3 is 2.15 bits per heavy atom. The van der Waals surface area contributed by atoms with Crippen LogP contribution in [0.25, 0.3) is 0 Å². The van der Waals surface area contributed by atoms with Gasteiger partial charge in [0.25, 0.3) is 0 Å². The maximum atomic E-state index is 13.7. The molecule has 0 radical (unpaired) electrons. The van der Waals surface area contributed by atoms with Crippen molar-refractivity contribution in [1.82, 2.24) is 0 Å². The van der Waals surface area contributed by atoms with E-state index in [4.69, 9.17) is 5.26 Å². The lowest BCUT2D eigenvalue weighted by atomic mass is 10.1. The largest absolute Gasteiger partial charge is 0.419 e. The van der Waals surface area contributed by atoms with Crippen molar-refractivity contribution in [3.63, 3.8) is 0 Å². The molecule has 0 aliphatic carbocycles. The van der Waals surface area contributed by atoms with Crippen molar-refractivity contribution >= 4 is 17.9 Å². The number of nitrogens with zero attached hydrogens (tertiary/aromatic N) is 1. The van der Waals surface area contributed by atoms with Crippen molar-refractivity contribution in [1.29, 1.82) is 5.26 Å².